The number of hydrogen-bond acceptors (Lipinski definition) is 4. The molecule has 0 aliphatic rings. The topological polar surface area (TPSA) is 42.4 Å². The molecular formula is C20H18BrClN2O2S. The van der Waals surface area contributed by atoms with Gasteiger partial charge in [0.15, 0.2) is 5.13 Å². The molecule has 4 nitrogen and oxygen atoms in total. The number of carbonyl (C=O) groups is 1. The molecule has 140 valence electrons. The molecule has 0 bridgehead atoms. The summed E-state index contributed by atoms with van der Waals surface area (Å²) in [5, 5.41) is 3.04. The number of nitrogens with zero attached hydrogens (tertiary/aromatic N) is 2. The van der Waals surface area contributed by atoms with E-state index in [2.05, 4.69) is 20.9 Å². The SMILES string of the molecule is CC(=O)N(c1nc(COc2ccc(Br)cc2Cl)cs1)c1cccc(C)c1C. The number of halogens is 2. The minimum Gasteiger partial charge on any atom is -0.486 e. The van der Waals surface area contributed by atoms with Crippen LogP contribution in [0.1, 0.15) is 23.7 Å². The number of thiazole rings is 1. The summed E-state index contributed by atoms with van der Waals surface area (Å²) in [6.07, 6.45) is 0. The Morgan fingerprint density at radius 1 is 1.30 bits per heavy atom. The zero-order valence-electron chi connectivity index (χ0n) is 15.1. The van der Waals surface area contributed by atoms with Gasteiger partial charge in [0.1, 0.15) is 12.4 Å². The maximum atomic E-state index is 12.3. The molecule has 27 heavy (non-hydrogen) atoms. The average molecular weight is 466 g/mol. The van der Waals surface area contributed by atoms with E-state index in [1.165, 1.54) is 11.3 Å². The van der Waals surface area contributed by atoms with Gasteiger partial charge in [0.2, 0.25) is 5.91 Å². The van der Waals surface area contributed by atoms with E-state index in [0.29, 0.717) is 15.9 Å². The molecule has 2 aromatic carbocycles. The van der Waals surface area contributed by atoms with Gasteiger partial charge in [-0.2, -0.15) is 0 Å². The molecule has 0 unspecified atom stereocenters. The van der Waals surface area contributed by atoms with Gasteiger partial charge in [-0.25, -0.2) is 4.98 Å². The standard InChI is InChI=1S/C20H18BrClN2O2S/c1-12-5-4-6-18(13(12)2)24(14(3)25)20-23-16(11-27-20)10-26-19-8-7-15(21)9-17(19)22/h4-9,11H,10H2,1-3H3. The van der Waals surface area contributed by atoms with E-state index in [9.17, 15) is 4.79 Å². The van der Waals surface area contributed by atoms with Crippen molar-refractivity contribution in [2.24, 2.45) is 0 Å². The summed E-state index contributed by atoms with van der Waals surface area (Å²) >= 11 is 11.0. The van der Waals surface area contributed by atoms with Crippen molar-refractivity contribution >= 4 is 55.6 Å². The minimum absolute atomic E-state index is 0.0820. The van der Waals surface area contributed by atoms with Crippen LogP contribution >= 0.6 is 38.9 Å². The Morgan fingerprint density at radius 2 is 2.07 bits per heavy atom. The molecule has 0 aliphatic heterocycles. The number of aryl methyl sites for hydroxylation is 1. The molecule has 7 heteroatoms. The predicted octanol–water partition coefficient (Wildman–Crippen LogP) is 6.44. The van der Waals surface area contributed by atoms with E-state index < -0.39 is 0 Å². The van der Waals surface area contributed by atoms with Gasteiger partial charge in [0, 0.05) is 16.8 Å². The molecule has 0 aliphatic carbocycles. The first-order valence-corrected chi connectivity index (χ1v) is 10.3. The lowest BCUT2D eigenvalue weighted by atomic mass is 10.1. The van der Waals surface area contributed by atoms with Crippen molar-refractivity contribution in [3.8, 4) is 5.75 Å². The Bertz CT molecular complexity index is 990. The normalized spacial score (nSPS) is 10.7. The Kier molecular flexibility index (Phi) is 6.19. The van der Waals surface area contributed by atoms with Gasteiger partial charge >= 0.3 is 0 Å². The zero-order chi connectivity index (χ0) is 19.6. The molecular weight excluding hydrogens is 448 g/mol. The van der Waals surface area contributed by atoms with E-state index >= 15 is 0 Å². The Balaban J connectivity index is 1.82. The molecule has 1 heterocycles. The predicted molar refractivity (Wildman–Crippen MR) is 114 cm³/mol. The molecule has 0 radical (unpaired) electrons. The first kappa shape index (κ1) is 19.9. The lowest BCUT2D eigenvalue weighted by Crippen LogP contribution is -2.23. The first-order chi connectivity index (χ1) is 12.9. The number of ether oxygens (including phenoxy) is 1. The maximum Gasteiger partial charge on any atom is 0.230 e. The van der Waals surface area contributed by atoms with E-state index in [1.807, 2.05) is 43.5 Å². The third-order valence-corrected chi connectivity index (χ3v) is 5.80. The van der Waals surface area contributed by atoms with Crippen molar-refractivity contribution in [1.82, 2.24) is 4.98 Å². The third-order valence-electron chi connectivity index (χ3n) is 4.13. The van der Waals surface area contributed by atoms with E-state index in [-0.39, 0.29) is 12.5 Å². The van der Waals surface area contributed by atoms with Crippen LogP contribution in [0.3, 0.4) is 0 Å². The second-order valence-electron chi connectivity index (χ2n) is 6.06. The van der Waals surface area contributed by atoms with Gasteiger partial charge in [-0.1, -0.05) is 39.7 Å². The summed E-state index contributed by atoms with van der Waals surface area (Å²) in [5.41, 5.74) is 3.77. The van der Waals surface area contributed by atoms with Crippen LogP contribution in [0.4, 0.5) is 10.8 Å². The van der Waals surface area contributed by atoms with Gasteiger partial charge in [0.25, 0.3) is 0 Å². The quantitative estimate of drug-likeness (QED) is 0.435. The molecule has 1 aromatic heterocycles. The van der Waals surface area contributed by atoms with Crippen molar-refractivity contribution in [3.63, 3.8) is 0 Å². The fraction of sp³-hybridized carbons (Fsp3) is 0.200. The highest BCUT2D eigenvalue weighted by atomic mass is 79.9. The summed E-state index contributed by atoms with van der Waals surface area (Å²) in [7, 11) is 0. The van der Waals surface area contributed by atoms with Crippen LogP contribution in [0.5, 0.6) is 5.75 Å². The summed E-state index contributed by atoms with van der Waals surface area (Å²) in [4.78, 5) is 18.5. The lowest BCUT2D eigenvalue weighted by Gasteiger charge is -2.21. The number of anilines is 2. The zero-order valence-corrected chi connectivity index (χ0v) is 18.3. The van der Waals surface area contributed by atoms with Gasteiger partial charge in [-0.05, 0) is 49.2 Å². The molecule has 3 rings (SSSR count). The summed E-state index contributed by atoms with van der Waals surface area (Å²) < 4.78 is 6.66. The fourth-order valence-electron chi connectivity index (χ4n) is 2.59. The van der Waals surface area contributed by atoms with Gasteiger partial charge in [0.05, 0.1) is 16.4 Å². The van der Waals surface area contributed by atoms with E-state index in [1.54, 1.807) is 24.0 Å². The monoisotopic (exact) mass is 464 g/mol. The largest absolute Gasteiger partial charge is 0.486 e. The number of amides is 1. The highest BCUT2D eigenvalue weighted by molar-refractivity contribution is 9.10. The van der Waals surface area contributed by atoms with Crippen LogP contribution in [0.15, 0.2) is 46.3 Å². The second kappa shape index (κ2) is 8.42. The second-order valence-corrected chi connectivity index (χ2v) is 8.22. The van der Waals surface area contributed by atoms with Crippen molar-refractivity contribution in [2.45, 2.75) is 27.4 Å². The fourth-order valence-corrected chi connectivity index (χ4v) is 4.19. The van der Waals surface area contributed by atoms with Gasteiger partial charge < -0.3 is 4.74 Å². The van der Waals surface area contributed by atoms with Crippen LogP contribution in [0.2, 0.25) is 5.02 Å². The molecule has 0 saturated heterocycles. The van der Waals surface area contributed by atoms with Crippen LogP contribution in [-0.4, -0.2) is 10.9 Å². The Labute approximate surface area is 175 Å². The van der Waals surface area contributed by atoms with Crippen molar-refractivity contribution < 1.29 is 9.53 Å². The number of aromatic nitrogens is 1. The van der Waals surface area contributed by atoms with Gasteiger partial charge in [-0.3, -0.25) is 9.69 Å². The van der Waals surface area contributed by atoms with Crippen LogP contribution in [-0.2, 0) is 11.4 Å². The number of rotatable bonds is 5. The summed E-state index contributed by atoms with van der Waals surface area (Å²) in [5.74, 6) is 0.508. The van der Waals surface area contributed by atoms with E-state index in [4.69, 9.17) is 16.3 Å². The highest BCUT2D eigenvalue weighted by Gasteiger charge is 2.20. The number of hydrogen-bond donors (Lipinski definition) is 0. The molecule has 0 spiro atoms. The average Bonchev–Trinajstić information content (AvgIpc) is 3.06. The molecule has 0 N–H and O–H groups in total. The number of carbonyl (C=O) groups excluding carboxylic acids is 1. The molecule has 0 saturated carbocycles. The Hall–Kier alpha value is -1.89. The van der Waals surface area contributed by atoms with Crippen LogP contribution in [0.25, 0.3) is 0 Å². The van der Waals surface area contributed by atoms with Gasteiger partial charge in [-0.15, -0.1) is 11.3 Å². The number of benzene rings is 2. The summed E-state index contributed by atoms with van der Waals surface area (Å²) in [6, 6.07) is 11.4. The lowest BCUT2D eigenvalue weighted by molar-refractivity contribution is -0.115. The minimum atomic E-state index is -0.0820. The van der Waals surface area contributed by atoms with E-state index in [0.717, 1.165) is 27.0 Å². The Morgan fingerprint density at radius 3 is 2.78 bits per heavy atom. The third kappa shape index (κ3) is 4.51. The van der Waals surface area contributed by atoms with Crippen molar-refractivity contribution in [3.05, 3.63) is 68.1 Å². The molecule has 3 aromatic rings. The highest BCUT2D eigenvalue weighted by Crippen LogP contribution is 2.33. The van der Waals surface area contributed by atoms with Crippen LogP contribution < -0.4 is 9.64 Å². The molecule has 1 amide bonds. The van der Waals surface area contributed by atoms with Crippen molar-refractivity contribution in [2.75, 3.05) is 4.90 Å². The molecule has 0 fully saturated rings. The maximum absolute atomic E-state index is 12.3. The van der Waals surface area contributed by atoms with Crippen LogP contribution in [0, 0.1) is 13.8 Å². The first-order valence-electron chi connectivity index (χ1n) is 8.26. The molecule has 0 atom stereocenters. The smallest absolute Gasteiger partial charge is 0.230 e. The summed E-state index contributed by atoms with van der Waals surface area (Å²) in [6.45, 7) is 5.85. The van der Waals surface area contributed by atoms with Crippen molar-refractivity contribution in [1.29, 1.82) is 0 Å².